The van der Waals surface area contributed by atoms with Gasteiger partial charge in [-0.25, -0.2) is 0 Å². The third-order valence-corrected chi connectivity index (χ3v) is 4.31. The normalized spacial score (nSPS) is 24.0. The van der Waals surface area contributed by atoms with Gasteiger partial charge in [-0.2, -0.15) is 0 Å². The zero-order valence-corrected chi connectivity index (χ0v) is 12.9. The number of nitrogens with zero attached hydrogens (tertiary/aromatic N) is 1. The van der Waals surface area contributed by atoms with Crippen molar-refractivity contribution in [2.75, 3.05) is 19.1 Å². The second kappa shape index (κ2) is 5.46. The minimum Gasteiger partial charge on any atom is -0.497 e. The van der Waals surface area contributed by atoms with E-state index in [0.29, 0.717) is 0 Å². The maximum absolute atomic E-state index is 12.6. The van der Waals surface area contributed by atoms with Gasteiger partial charge in [0, 0.05) is 12.8 Å². The quantitative estimate of drug-likeness (QED) is 0.814. The predicted octanol–water partition coefficient (Wildman–Crippen LogP) is 3.19. The van der Waals surface area contributed by atoms with Crippen LogP contribution in [-0.2, 0) is 9.53 Å². The van der Waals surface area contributed by atoms with Crippen LogP contribution in [0.15, 0.2) is 54.6 Å². The fraction of sp³-hybridized carbons (Fsp3) is 0.278. The molecule has 3 rings (SSSR count). The Morgan fingerprint density at radius 2 is 1.64 bits per heavy atom. The van der Waals surface area contributed by atoms with E-state index in [2.05, 4.69) is 0 Å². The molecule has 114 valence electrons. The van der Waals surface area contributed by atoms with Gasteiger partial charge in [-0.3, -0.25) is 9.69 Å². The summed E-state index contributed by atoms with van der Waals surface area (Å²) >= 11 is 0. The van der Waals surface area contributed by atoms with Crippen LogP contribution >= 0.6 is 0 Å². The van der Waals surface area contributed by atoms with E-state index in [1.165, 1.54) is 0 Å². The van der Waals surface area contributed by atoms with E-state index in [1.807, 2.05) is 61.5 Å². The smallest absolute Gasteiger partial charge is 0.262 e. The number of anilines is 1. The molecular formula is C18H19NO3. The lowest BCUT2D eigenvalue weighted by molar-refractivity contribution is -0.156. The molecule has 1 amide bonds. The Bertz CT molecular complexity index is 668. The van der Waals surface area contributed by atoms with E-state index in [9.17, 15) is 4.79 Å². The van der Waals surface area contributed by atoms with Crippen molar-refractivity contribution in [3.8, 4) is 5.75 Å². The van der Waals surface area contributed by atoms with Crippen molar-refractivity contribution < 1.29 is 14.3 Å². The number of methoxy groups -OCH3 is 2. The number of hydrogen-bond acceptors (Lipinski definition) is 3. The van der Waals surface area contributed by atoms with Gasteiger partial charge in [0.15, 0.2) is 5.60 Å². The molecule has 0 spiro atoms. The highest BCUT2D eigenvalue weighted by Crippen LogP contribution is 2.48. The van der Waals surface area contributed by atoms with E-state index < -0.39 is 5.60 Å². The largest absolute Gasteiger partial charge is 0.497 e. The van der Waals surface area contributed by atoms with Gasteiger partial charge in [0.2, 0.25) is 0 Å². The molecule has 0 N–H and O–H groups in total. The lowest BCUT2D eigenvalue weighted by Gasteiger charge is -2.53. The summed E-state index contributed by atoms with van der Waals surface area (Å²) in [5.41, 5.74) is 1.07. The van der Waals surface area contributed by atoms with Crippen molar-refractivity contribution in [3.05, 3.63) is 60.2 Å². The summed E-state index contributed by atoms with van der Waals surface area (Å²) < 4.78 is 10.7. The van der Waals surface area contributed by atoms with Crippen LogP contribution in [0, 0.1) is 0 Å². The van der Waals surface area contributed by atoms with Crippen molar-refractivity contribution in [1.29, 1.82) is 0 Å². The van der Waals surface area contributed by atoms with Gasteiger partial charge in [-0.1, -0.05) is 30.3 Å². The maximum atomic E-state index is 12.6. The Morgan fingerprint density at radius 3 is 2.18 bits per heavy atom. The van der Waals surface area contributed by atoms with Crippen LogP contribution in [0.4, 0.5) is 5.69 Å². The molecule has 2 atom stereocenters. The SMILES string of the molecule is COc1ccc(N2C(=O)[C@](C)(OC)[C@@H]2c2ccccc2)cc1. The maximum Gasteiger partial charge on any atom is 0.262 e. The number of rotatable bonds is 4. The fourth-order valence-corrected chi connectivity index (χ4v) is 2.96. The van der Waals surface area contributed by atoms with Gasteiger partial charge >= 0.3 is 0 Å². The molecule has 4 nitrogen and oxygen atoms in total. The molecule has 22 heavy (non-hydrogen) atoms. The van der Waals surface area contributed by atoms with Crippen LogP contribution in [0.2, 0.25) is 0 Å². The van der Waals surface area contributed by atoms with Crippen molar-refractivity contribution in [1.82, 2.24) is 0 Å². The first-order valence-corrected chi connectivity index (χ1v) is 7.19. The van der Waals surface area contributed by atoms with E-state index >= 15 is 0 Å². The van der Waals surface area contributed by atoms with Gasteiger partial charge in [0.05, 0.1) is 13.2 Å². The summed E-state index contributed by atoms with van der Waals surface area (Å²) in [7, 11) is 3.21. The summed E-state index contributed by atoms with van der Waals surface area (Å²) in [5.74, 6) is 0.733. The molecule has 2 aromatic carbocycles. The van der Waals surface area contributed by atoms with E-state index in [4.69, 9.17) is 9.47 Å². The van der Waals surface area contributed by atoms with E-state index in [1.54, 1.807) is 19.1 Å². The molecule has 0 unspecified atom stereocenters. The van der Waals surface area contributed by atoms with Crippen LogP contribution in [0.1, 0.15) is 18.5 Å². The second-order valence-electron chi connectivity index (χ2n) is 5.50. The fourth-order valence-electron chi connectivity index (χ4n) is 2.96. The zero-order valence-electron chi connectivity index (χ0n) is 12.9. The first kappa shape index (κ1) is 14.6. The lowest BCUT2D eigenvalue weighted by Crippen LogP contribution is -2.68. The number of ether oxygens (including phenoxy) is 2. The van der Waals surface area contributed by atoms with Gasteiger partial charge in [-0.15, -0.1) is 0 Å². The first-order valence-electron chi connectivity index (χ1n) is 7.19. The van der Waals surface area contributed by atoms with Gasteiger partial charge in [-0.05, 0) is 36.8 Å². The Morgan fingerprint density at radius 1 is 1.00 bits per heavy atom. The lowest BCUT2D eigenvalue weighted by atomic mass is 9.78. The van der Waals surface area contributed by atoms with E-state index in [-0.39, 0.29) is 11.9 Å². The molecule has 1 saturated heterocycles. The Labute approximate surface area is 130 Å². The molecule has 1 aliphatic heterocycles. The van der Waals surface area contributed by atoms with Crippen molar-refractivity contribution in [2.45, 2.75) is 18.6 Å². The Balaban J connectivity index is 2.00. The third-order valence-electron chi connectivity index (χ3n) is 4.31. The molecular weight excluding hydrogens is 278 g/mol. The molecule has 0 radical (unpaired) electrons. The Kier molecular flexibility index (Phi) is 3.62. The van der Waals surface area contributed by atoms with Crippen molar-refractivity contribution >= 4 is 11.6 Å². The van der Waals surface area contributed by atoms with Crippen LogP contribution < -0.4 is 9.64 Å². The summed E-state index contributed by atoms with van der Waals surface area (Å²) in [6, 6.07) is 17.3. The highest BCUT2D eigenvalue weighted by atomic mass is 16.5. The Hall–Kier alpha value is -2.33. The molecule has 2 aromatic rings. The van der Waals surface area contributed by atoms with Crippen LogP contribution in [0.25, 0.3) is 0 Å². The molecule has 0 aromatic heterocycles. The second-order valence-corrected chi connectivity index (χ2v) is 5.50. The van der Waals surface area contributed by atoms with Gasteiger partial charge in [0.1, 0.15) is 5.75 Å². The molecule has 0 bridgehead atoms. The number of β-lactam (4-membered cyclic amide) rings is 1. The molecule has 0 saturated carbocycles. The zero-order chi connectivity index (χ0) is 15.7. The number of carbonyl (C=O) groups is 1. The first-order chi connectivity index (χ1) is 10.6. The number of hydrogen-bond donors (Lipinski definition) is 0. The van der Waals surface area contributed by atoms with E-state index in [0.717, 1.165) is 17.0 Å². The minimum absolute atomic E-state index is 0.0333. The third kappa shape index (κ3) is 2.07. The number of carbonyl (C=O) groups excluding carboxylic acids is 1. The standard InChI is InChI=1S/C18H19NO3/c1-18(22-3)16(13-7-5-4-6-8-13)19(17(18)20)14-9-11-15(21-2)12-10-14/h4-12,16H,1-3H3/t16-,18+/m0/s1. The summed E-state index contributed by atoms with van der Waals surface area (Å²) in [6.45, 7) is 1.84. The van der Waals surface area contributed by atoms with Gasteiger partial charge in [0.25, 0.3) is 5.91 Å². The van der Waals surface area contributed by atoms with Gasteiger partial charge < -0.3 is 9.47 Å². The molecule has 1 heterocycles. The number of benzene rings is 2. The average Bonchev–Trinajstić information content (AvgIpc) is 2.59. The molecule has 1 aliphatic rings. The molecule has 4 heteroatoms. The van der Waals surface area contributed by atoms with Crippen LogP contribution in [0.3, 0.4) is 0 Å². The van der Waals surface area contributed by atoms with Crippen LogP contribution in [0.5, 0.6) is 5.75 Å². The highest BCUT2D eigenvalue weighted by Gasteiger charge is 2.59. The van der Waals surface area contributed by atoms with Crippen molar-refractivity contribution in [3.63, 3.8) is 0 Å². The topological polar surface area (TPSA) is 38.8 Å². The average molecular weight is 297 g/mol. The summed E-state index contributed by atoms with van der Waals surface area (Å²) in [5, 5.41) is 0. The molecule has 1 fully saturated rings. The summed E-state index contributed by atoms with van der Waals surface area (Å²) in [4.78, 5) is 14.4. The predicted molar refractivity (Wildman–Crippen MR) is 85.1 cm³/mol. The van der Waals surface area contributed by atoms with Crippen LogP contribution in [-0.4, -0.2) is 25.7 Å². The summed E-state index contributed by atoms with van der Waals surface area (Å²) in [6.07, 6.45) is 0. The molecule has 0 aliphatic carbocycles. The monoisotopic (exact) mass is 297 g/mol. The highest BCUT2D eigenvalue weighted by molar-refractivity contribution is 6.08. The number of amides is 1. The van der Waals surface area contributed by atoms with Crippen molar-refractivity contribution in [2.24, 2.45) is 0 Å². The minimum atomic E-state index is -0.832.